The molecule has 420 valence electrons. The predicted molar refractivity (Wildman–Crippen MR) is 314 cm³/mol. The first kappa shape index (κ1) is 70.0. The van der Waals surface area contributed by atoms with Gasteiger partial charge in [-0.05, 0) is 183 Å². The molecular weight excluding hydrogens is 1330 g/mol. The zero-order valence-corrected chi connectivity index (χ0v) is 56.0. The number of H-pyrrole nitrogens is 8. The van der Waals surface area contributed by atoms with Gasteiger partial charge in [-0.2, -0.15) is 20.7 Å². The normalized spacial score (nSPS) is 10.3. The van der Waals surface area contributed by atoms with E-state index in [4.69, 9.17) is 82.8 Å². The van der Waals surface area contributed by atoms with Gasteiger partial charge in [0.15, 0.2) is 17.8 Å². The smallest absolute Gasteiger partial charge is 0.744 e. The van der Waals surface area contributed by atoms with Gasteiger partial charge in [-0.1, -0.05) is 84.4 Å². The van der Waals surface area contributed by atoms with Gasteiger partial charge in [0.2, 0.25) is 19.1 Å². The summed E-state index contributed by atoms with van der Waals surface area (Å²) in [6, 6.07) is 32.6. The number of carboxylic acid groups (broad SMARTS) is 1. The number of aromatic carboxylic acids is 1. The predicted octanol–water partition coefficient (Wildman–Crippen LogP) is 3.33. The Morgan fingerprint density at radius 1 is 0.627 bits per heavy atom. The van der Waals surface area contributed by atoms with E-state index in [1.165, 1.54) is 91.0 Å². The van der Waals surface area contributed by atoms with E-state index in [0.29, 0.717) is 26.7 Å². The second-order valence-electron chi connectivity index (χ2n) is 14.4. The largest absolute Gasteiger partial charge is 1.00 e. The van der Waals surface area contributed by atoms with Gasteiger partial charge in [0.25, 0.3) is 4.84 Å². The van der Waals surface area contributed by atoms with Crippen LogP contribution in [0, 0.1) is 31.8 Å². The van der Waals surface area contributed by atoms with Crippen LogP contribution in [0.15, 0.2) is 146 Å². The first-order valence-electron chi connectivity index (χ1n) is 21.4. The Bertz CT molecular complexity index is 4500. The zero-order chi connectivity index (χ0) is 58.7. The molecule has 83 heavy (non-hydrogen) atoms. The summed E-state index contributed by atoms with van der Waals surface area (Å²) >= 11 is 38.4. The Labute approximate surface area is 558 Å². The summed E-state index contributed by atoms with van der Waals surface area (Å²) in [5.74, 6) is -0.965. The van der Waals surface area contributed by atoms with Gasteiger partial charge in [-0.15, -0.1) is 11.3 Å². The van der Waals surface area contributed by atoms with Crippen LogP contribution in [0.2, 0.25) is 0 Å². The number of carboxylic acids is 1. The van der Waals surface area contributed by atoms with Crippen molar-refractivity contribution in [3.63, 3.8) is 0 Å². The number of benzene rings is 5. The third-order valence-electron chi connectivity index (χ3n) is 9.21. The monoisotopic (exact) mass is 1360 g/mol. The van der Waals surface area contributed by atoms with Crippen molar-refractivity contribution in [2.45, 2.75) is 14.1 Å². The number of thioether (sulfide) groups is 1. The van der Waals surface area contributed by atoms with Gasteiger partial charge in [-0.3, -0.25) is 15.3 Å². The van der Waals surface area contributed by atoms with Crippen LogP contribution in [0.5, 0.6) is 0 Å². The maximum absolute atomic E-state index is 10.8. The topological polar surface area (TPSA) is 409 Å². The molecule has 12 aromatic rings. The first-order chi connectivity index (χ1) is 38.6. The van der Waals surface area contributed by atoms with Gasteiger partial charge in [0, 0.05) is 0 Å². The van der Waals surface area contributed by atoms with Crippen molar-refractivity contribution in [3.05, 3.63) is 165 Å². The van der Waals surface area contributed by atoms with Gasteiger partial charge in [0.05, 0.1) is 48.1 Å². The number of oxazole rings is 1. The SMILES string of the molecule is CSc1n[nH]c(=S)s1.O=C(O)c1ccc(-n2[nH]nnc2=S)cc1.O=S(=O)([O-])c1ccc(-n2[nH]nnc2=S)cc1.O=S(=O)([O-])c1cccc(-n2[nH]nnc2=S)c1.S=c1[nH]c2ccccc2o1.S=c1[nH]c2ccccc2s1.S=c1nc[nH][nH]1.[Na+].[Na+]. The van der Waals surface area contributed by atoms with Gasteiger partial charge in [-0.25, -0.2) is 40.7 Å². The number of para-hydroxylation sites is 3. The number of carbonyl (C=O) groups is 1. The van der Waals surface area contributed by atoms with Crippen molar-refractivity contribution in [2.24, 2.45) is 0 Å². The molecular formula is C41H33N19Na2O9S12. The average molecular weight is 1370 g/mol. The molecule has 0 aliphatic rings. The van der Waals surface area contributed by atoms with E-state index < -0.39 is 26.2 Å². The van der Waals surface area contributed by atoms with Crippen molar-refractivity contribution >= 4 is 167 Å². The molecule has 42 heteroatoms. The number of aromatic amines is 8. The van der Waals surface area contributed by atoms with E-state index in [1.807, 2.05) is 48.7 Å². The number of nitrogens with zero attached hydrogens (tertiary/aromatic N) is 11. The zero-order valence-electron chi connectivity index (χ0n) is 42.2. The van der Waals surface area contributed by atoms with Crippen molar-refractivity contribution in [2.75, 3.05) is 6.26 Å². The molecule has 0 saturated heterocycles. The summed E-state index contributed by atoms with van der Waals surface area (Å²) < 4.78 is 78.7. The third kappa shape index (κ3) is 22.2. The van der Waals surface area contributed by atoms with Crippen LogP contribution >= 0.6 is 120 Å². The van der Waals surface area contributed by atoms with Crippen molar-refractivity contribution in [1.29, 1.82) is 0 Å². The van der Waals surface area contributed by atoms with Crippen molar-refractivity contribution < 1.29 is 99.4 Å². The summed E-state index contributed by atoms with van der Waals surface area (Å²) in [5, 5.41) is 49.1. The summed E-state index contributed by atoms with van der Waals surface area (Å²) in [5.41, 5.74) is 4.74. The average Bonchev–Trinajstić information content (AvgIpc) is 4.50. The molecule has 0 saturated carbocycles. The molecule has 28 nitrogen and oxygen atoms in total. The number of rotatable bonds is 7. The summed E-state index contributed by atoms with van der Waals surface area (Å²) in [4.78, 5) is 20.0. The summed E-state index contributed by atoms with van der Waals surface area (Å²) in [6.45, 7) is 0. The minimum atomic E-state index is -4.48. The number of tetrazole rings is 3. The quantitative estimate of drug-likeness (QED) is 0.0478. The van der Waals surface area contributed by atoms with Gasteiger partial charge < -0.3 is 28.6 Å². The van der Waals surface area contributed by atoms with Crippen LogP contribution < -0.4 is 59.1 Å². The first-order valence-corrected chi connectivity index (χ1v) is 29.9. The van der Waals surface area contributed by atoms with E-state index in [-0.39, 0.29) is 88.8 Å². The van der Waals surface area contributed by atoms with Gasteiger partial charge >= 0.3 is 65.1 Å². The fraction of sp³-hybridized carbons (Fsp3) is 0.0244. The molecule has 5 aromatic carbocycles. The molecule has 7 heterocycles. The van der Waals surface area contributed by atoms with Crippen LogP contribution in [0.1, 0.15) is 10.4 Å². The molecule has 0 bridgehead atoms. The summed E-state index contributed by atoms with van der Waals surface area (Å²) in [7, 11) is -8.91. The fourth-order valence-electron chi connectivity index (χ4n) is 5.70. The molecule has 0 fully saturated rings. The maximum Gasteiger partial charge on any atom is 1.00 e. The molecule has 0 unspecified atom stereocenters. The second-order valence-corrected chi connectivity index (χ2v) is 23.5. The number of thiazole rings is 1. The Morgan fingerprint density at radius 3 is 1.58 bits per heavy atom. The Hall–Kier alpha value is -5.45. The molecule has 0 spiro atoms. The van der Waals surface area contributed by atoms with Crippen molar-refractivity contribution in [3.8, 4) is 17.1 Å². The molecule has 0 aliphatic heterocycles. The van der Waals surface area contributed by atoms with E-state index in [1.54, 1.807) is 41.3 Å². The second kappa shape index (κ2) is 33.9. The minimum Gasteiger partial charge on any atom is -0.744 e. The molecule has 9 N–H and O–H groups in total. The fourth-order valence-corrected chi connectivity index (χ4v) is 10.2. The standard InChI is InChI=1S/C8H6N4O2S.2C7H6N4O3S2.C7H5NOS.C7H5NS2.C3H4N2S3.C2H3N3S.2Na/c13-7(14)5-1-3-6(4-2-5)12-8(15)9-10-11-12;12-16(13,14)6-3-1-5(2-4-6)11-7(15)8-9-10-11;12-16(13,14)6-3-1-2-5(4-6)11-7(15)8-9-10-11;10-7-8-5-3-1-2-4-6(5)9-7;9-7-8-5-3-1-2-4-6(5)10-7;1-7-3-5-4-2(6)8-3;6-2-3-1-4-5-2;;/h1-4H,(H,13,14)(H,9,11,15);2*1-4H,(H,8,10,15)(H,12,13,14);1-4H,(H,8,10);1-4H,(H,8,9);1H3,(H,4,6);1H,(H2,3,4,5,6);;/q;;;;;;;2*+1/p-2. The van der Waals surface area contributed by atoms with Gasteiger partial charge in [0.1, 0.15) is 26.6 Å². The van der Waals surface area contributed by atoms with Crippen LogP contribution in [0.3, 0.4) is 0 Å². The van der Waals surface area contributed by atoms with E-state index in [2.05, 4.69) is 100 Å². The molecule has 12 rings (SSSR count). The van der Waals surface area contributed by atoms with E-state index >= 15 is 0 Å². The maximum atomic E-state index is 10.8. The minimum absolute atomic E-state index is 0. The molecule has 0 amide bonds. The summed E-state index contributed by atoms with van der Waals surface area (Å²) in [6.07, 6.45) is 3.48. The van der Waals surface area contributed by atoms with Crippen LogP contribution in [0.25, 0.3) is 38.4 Å². The Morgan fingerprint density at radius 2 is 1.16 bits per heavy atom. The number of fused-ring (bicyclic) bond motifs is 2. The van der Waals surface area contributed by atoms with Crippen LogP contribution in [0.4, 0.5) is 0 Å². The molecule has 0 radical (unpaired) electrons. The number of nitrogens with one attached hydrogen (secondary N) is 8. The number of hydrogen-bond donors (Lipinski definition) is 9. The van der Waals surface area contributed by atoms with E-state index in [9.17, 15) is 30.7 Å². The van der Waals surface area contributed by atoms with Crippen LogP contribution in [-0.2, 0) is 20.2 Å². The Kier molecular flexibility index (Phi) is 28.6. The Balaban J connectivity index is 0.000000211. The van der Waals surface area contributed by atoms with Crippen LogP contribution in [-0.4, -0.2) is 139 Å². The molecule has 0 aliphatic carbocycles. The van der Waals surface area contributed by atoms with Crippen molar-refractivity contribution in [1.82, 2.24) is 96.0 Å². The molecule has 0 atom stereocenters. The van der Waals surface area contributed by atoms with E-state index in [0.717, 1.165) is 28.9 Å². The number of aromatic nitrogens is 19. The third-order valence-corrected chi connectivity index (χ3v) is 15.4. The molecule has 7 aromatic heterocycles. The number of hydrogen-bond acceptors (Lipinski definition) is 26.